The van der Waals surface area contributed by atoms with E-state index in [9.17, 15) is 9.59 Å². The molecule has 0 radical (unpaired) electrons. The largest absolute Gasteiger partial charge is 0.299 e. The molecular weight excluding hydrogens is 316 g/mol. The molecule has 0 spiro atoms. The minimum absolute atomic E-state index is 0.0623. The molecule has 1 heterocycles. The highest BCUT2D eigenvalue weighted by Gasteiger charge is 2.32. The summed E-state index contributed by atoms with van der Waals surface area (Å²) < 4.78 is 0.737. The number of hydrogen-bond donors (Lipinski definition) is 0. The maximum Gasteiger partial charge on any atom is 0.147 e. The van der Waals surface area contributed by atoms with Gasteiger partial charge in [0.15, 0.2) is 0 Å². The van der Waals surface area contributed by atoms with Crippen molar-refractivity contribution in [2.24, 2.45) is 0 Å². The summed E-state index contributed by atoms with van der Waals surface area (Å²) in [5.74, 6) is -0.446. The van der Waals surface area contributed by atoms with E-state index in [1.807, 2.05) is 30.3 Å². The summed E-state index contributed by atoms with van der Waals surface area (Å²) in [5.41, 5.74) is 2.99. The molecule has 2 nitrogen and oxygen atoms in total. The molecule has 0 unspecified atom stereocenters. The number of hydrogen-bond acceptors (Lipinski definition) is 3. The Morgan fingerprint density at radius 1 is 1.14 bits per heavy atom. The molecule has 1 aliphatic carbocycles. The predicted octanol–water partition coefficient (Wildman–Crippen LogP) is 5.04. The van der Waals surface area contributed by atoms with Gasteiger partial charge in [-0.3, -0.25) is 9.59 Å². The molecule has 1 fully saturated rings. The Morgan fingerprint density at radius 2 is 1.86 bits per heavy atom. The van der Waals surface area contributed by atoms with Crippen LogP contribution in [0.1, 0.15) is 43.2 Å². The molecule has 114 valence electrons. The van der Waals surface area contributed by atoms with Gasteiger partial charge in [-0.1, -0.05) is 30.7 Å². The monoisotopic (exact) mass is 332 g/mol. The summed E-state index contributed by atoms with van der Waals surface area (Å²) in [7, 11) is 0. The molecule has 2 aromatic rings. The third kappa shape index (κ3) is 2.88. The minimum atomic E-state index is -0.570. The Bertz CT molecular complexity index is 716. The van der Waals surface area contributed by atoms with Gasteiger partial charge in [-0.05, 0) is 47.7 Å². The first-order valence-corrected chi connectivity index (χ1v) is 8.73. The quantitative estimate of drug-likeness (QED) is 0.738. The Kier molecular flexibility index (Phi) is 4.46. The Balaban J connectivity index is 2.08. The molecule has 4 heteroatoms. The number of thiophene rings is 1. The molecule has 0 atom stereocenters. The van der Waals surface area contributed by atoms with Crippen molar-refractivity contribution in [2.45, 2.75) is 38.5 Å². The molecule has 0 aliphatic heterocycles. The van der Waals surface area contributed by atoms with Crippen LogP contribution in [-0.4, -0.2) is 11.6 Å². The maximum atomic E-state index is 12.3. The van der Waals surface area contributed by atoms with Gasteiger partial charge in [-0.25, -0.2) is 0 Å². The van der Waals surface area contributed by atoms with Gasteiger partial charge in [0, 0.05) is 17.7 Å². The lowest BCUT2D eigenvalue weighted by Gasteiger charge is -2.22. The zero-order valence-corrected chi connectivity index (χ0v) is 14.0. The Labute approximate surface area is 139 Å². The van der Waals surface area contributed by atoms with Crippen molar-refractivity contribution in [1.29, 1.82) is 0 Å². The fraction of sp³-hybridized carbons (Fsp3) is 0.333. The maximum absolute atomic E-state index is 12.3. The van der Waals surface area contributed by atoms with Crippen LogP contribution >= 0.6 is 22.9 Å². The van der Waals surface area contributed by atoms with E-state index in [0.717, 1.165) is 32.3 Å². The van der Waals surface area contributed by atoms with Crippen LogP contribution in [0.5, 0.6) is 0 Å². The number of Topliss-reactive ketones (excluding diaryl/α,β-unsaturated/α-hetero) is 2. The van der Waals surface area contributed by atoms with E-state index in [4.69, 9.17) is 11.6 Å². The van der Waals surface area contributed by atoms with E-state index < -0.39 is 5.92 Å². The first-order chi connectivity index (χ1) is 10.6. The first kappa shape index (κ1) is 15.4. The van der Waals surface area contributed by atoms with Crippen molar-refractivity contribution in [3.05, 3.63) is 45.8 Å². The molecule has 3 rings (SSSR count). The second kappa shape index (κ2) is 6.35. The summed E-state index contributed by atoms with van der Waals surface area (Å²) in [6, 6.07) is 9.93. The van der Waals surface area contributed by atoms with E-state index in [1.165, 1.54) is 11.3 Å². The lowest BCUT2D eigenvalue weighted by atomic mass is 9.79. The number of benzene rings is 1. The van der Waals surface area contributed by atoms with Gasteiger partial charge in [0.1, 0.15) is 17.5 Å². The highest BCUT2D eigenvalue weighted by molar-refractivity contribution is 7.19. The van der Waals surface area contributed by atoms with E-state index in [-0.39, 0.29) is 11.6 Å². The van der Waals surface area contributed by atoms with Crippen LogP contribution in [0.3, 0.4) is 0 Å². The number of carbonyl (C=O) groups excluding carboxylic acids is 2. The van der Waals surface area contributed by atoms with E-state index in [2.05, 4.69) is 6.92 Å². The molecule has 1 aromatic carbocycles. The molecular formula is C18H17ClO2S. The highest BCUT2D eigenvalue weighted by atomic mass is 35.5. The number of ketones is 2. The number of carbonyl (C=O) groups is 2. The summed E-state index contributed by atoms with van der Waals surface area (Å²) in [4.78, 5) is 25.6. The summed E-state index contributed by atoms with van der Waals surface area (Å²) in [6.07, 6.45) is 2.52. The zero-order valence-electron chi connectivity index (χ0n) is 12.4. The average Bonchev–Trinajstić information content (AvgIpc) is 2.93. The lowest BCUT2D eigenvalue weighted by Crippen LogP contribution is -2.27. The fourth-order valence-electron chi connectivity index (χ4n) is 3.06. The first-order valence-electron chi connectivity index (χ1n) is 7.54. The third-order valence-electron chi connectivity index (χ3n) is 4.19. The van der Waals surface area contributed by atoms with Crippen LogP contribution in [-0.2, 0) is 16.0 Å². The van der Waals surface area contributed by atoms with Gasteiger partial charge in [0.25, 0.3) is 0 Å². The fourth-order valence-corrected chi connectivity index (χ4v) is 4.10. The topological polar surface area (TPSA) is 34.1 Å². The van der Waals surface area contributed by atoms with Crippen LogP contribution < -0.4 is 0 Å². The molecule has 1 aromatic heterocycles. The van der Waals surface area contributed by atoms with E-state index in [1.54, 1.807) is 0 Å². The van der Waals surface area contributed by atoms with Crippen LogP contribution in [0.25, 0.3) is 10.4 Å². The number of rotatable bonds is 3. The molecule has 0 amide bonds. The Hall–Kier alpha value is -1.45. The van der Waals surface area contributed by atoms with Crippen LogP contribution in [0.4, 0.5) is 0 Å². The van der Waals surface area contributed by atoms with Gasteiger partial charge >= 0.3 is 0 Å². The normalized spacial score (nSPS) is 16.3. The van der Waals surface area contributed by atoms with Crippen molar-refractivity contribution in [2.75, 3.05) is 0 Å². The molecule has 0 saturated heterocycles. The third-order valence-corrected chi connectivity index (χ3v) is 5.47. The molecule has 0 N–H and O–H groups in total. The van der Waals surface area contributed by atoms with Crippen LogP contribution in [0.2, 0.25) is 4.34 Å². The van der Waals surface area contributed by atoms with Crippen molar-refractivity contribution in [3.63, 3.8) is 0 Å². The highest BCUT2D eigenvalue weighted by Crippen LogP contribution is 2.36. The van der Waals surface area contributed by atoms with Crippen LogP contribution in [0.15, 0.2) is 30.3 Å². The van der Waals surface area contributed by atoms with Gasteiger partial charge in [0.05, 0.1) is 4.34 Å². The van der Waals surface area contributed by atoms with Crippen molar-refractivity contribution in [1.82, 2.24) is 0 Å². The zero-order chi connectivity index (χ0) is 15.7. The Morgan fingerprint density at radius 3 is 2.45 bits per heavy atom. The predicted molar refractivity (Wildman–Crippen MR) is 90.7 cm³/mol. The summed E-state index contributed by atoms with van der Waals surface area (Å²) >= 11 is 7.52. The number of aryl methyl sites for hydroxylation is 1. The molecule has 1 saturated carbocycles. The smallest absolute Gasteiger partial charge is 0.147 e. The second-order valence-electron chi connectivity index (χ2n) is 5.59. The van der Waals surface area contributed by atoms with Crippen LogP contribution in [0, 0.1) is 0 Å². The molecule has 1 aliphatic rings. The second-order valence-corrected chi connectivity index (χ2v) is 7.31. The average molecular weight is 333 g/mol. The minimum Gasteiger partial charge on any atom is -0.299 e. The summed E-state index contributed by atoms with van der Waals surface area (Å²) in [6.45, 7) is 2.05. The molecule has 0 bridgehead atoms. The van der Waals surface area contributed by atoms with Crippen molar-refractivity contribution >= 4 is 34.5 Å². The van der Waals surface area contributed by atoms with Crippen molar-refractivity contribution < 1.29 is 9.59 Å². The molecule has 22 heavy (non-hydrogen) atoms. The summed E-state index contributed by atoms with van der Waals surface area (Å²) in [5, 5.41) is 0. The lowest BCUT2D eigenvalue weighted by molar-refractivity contribution is -0.131. The van der Waals surface area contributed by atoms with E-state index in [0.29, 0.717) is 19.3 Å². The van der Waals surface area contributed by atoms with Gasteiger partial charge < -0.3 is 0 Å². The van der Waals surface area contributed by atoms with E-state index >= 15 is 0 Å². The van der Waals surface area contributed by atoms with Gasteiger partial charge in [0.2, 0.25) is 0 Å². The van der Waals surface area contributed by atoms with Gasteiger partial charge in [-0.2, -0.15) is 0 Å². The van der Waals surface area contributed by atoms with Crippen molar-refractivity contribution in [3.8, 4) is 10.4 Å². The number of halogens is 1. The standard InChI is InChI=1S/C18H17ClO2S/c1-2-11-6-7-12(16-8-9-17(19)22-16)10-13(11)18-14(20)4-3-5-15(18)21/h6-10,18H,2-5H2,1H3. The SMILES string of the molecule is CCc1ccc(-c2ccc(Cl)s2)cc1C1C(=O)CCCC1=O. The van der Waals surface area contributed by atoms with Gasteiger partial charge in [-0.15, -0.1) is 11.3 Å².